The molecule has 2 aliphatic rings. The molecule has 41 heavy (non-hydrogen) atoms. The summed E-state index contributed by atoms with van der Waals surface area (Å²) in [6.45, 7) is 13.5. The van der Waals surface area contributed by atoms with Crippen molar-refractivity contribution in [2.24, 2.45) is 0 Å². The summed E-state index contributed by atoms with van der Waals surface area (Å²) < 4.78 is 13.8. The van der Waals surface area contributed by atoms with Crippen molar-refractivity contribution in [1.29, 1.82) is 0 Å². The molecule has 8 nitrogen and oxygen atoms in total. The zero-order valence-corrected chi connectivity index (χ0v) is 24.7. The van der Waals surface area contributed by atoms with Crippen LogP contribution in [-0.4, -0.2) is 97.0 Å². The summed E-state index contributed by atoms with van der Waals surface area (Å²) in [5.41, 5.74) is 6.49. The fraction of sp³-hybridized carbons (Fsp3) is 0.515. The maximum Gasteiger partial charge on any atom is 0.136 e. The number of likely N-dealkylation sites (N-methyl/N-ethyl adjacent to an activating group) is 1. The Hall–Kier alpha value is -3.04. The SMILES string of the molecule is CCOCc1nc2c(-c3ccc(N4CCN(C)CC4)cc3)nc3ccccc3c2n1CCCCCN1CCOCC1. The summed E-state index contributed by atoms with van der Waals surface area (Å²) in [7, 11) is 2.20. The van der Waals surface area contributed by atoms with Crippen LogP contribution in [0.15, 0.2) is 48.5 Å². The molecular formula is C33H44N6O2. The number of piperazine rings is 1. The Morgan fingerprint density at radius 2 is 1.59 bits per heavy atom. The normalized spacial score (nSPS) is 17.2. The number of hydrogen-bond donors (Lipinski definition) is 0. The zero-order chi connectivity index (χ0) is 28.0. The molecule has 0 bridgehead atoms. The Kier molecular flexibility index (Phi) is 9.11. The minimum Gasteiger partial charge on any atom is -0.379 e. The first kappa shape index (κ1) is 28.1. The van der Waals surface area contributed by atoms with Crippen LogP contribution >= 0.6 is 0 Å². The average Bonchev–Trinajstić information content (AvgIpc) is 3.39. The molecule has 4 heterocycles. The molecule has 0 saturated carbocycles. The highest BCUT2D eigenvalue weighted by Crippen LogP contribution is 2.34. The van der Waals surface area contributed by atoms with Gasteiger partial charge in [0.1, 0.15) is 17.9 Å². The summed E-state index contributed by atoms with van der Waals surface area (Å²) >= 11 is 0. The van der Waals surface area contributed by atoms with E-state index in [1.54, 1.807) is 0 Å². The van der Waals surface area contributed by atoms with Crippen molar-refractivity contribution in [1.82, 2.24) is 24.3 Å². The number of benzene rings is 2. The Balaban J connectivity index is 1.30. The van der Waals surface area contributed by atoms with Gasteiger partial charge >= 0.3 is 0 Å². The lowest BCUT2D eigenvalue weighted by molar-refractivity contribution is 0.0371. The van der Waals surface area contributed by atoms with Gasteiger partial charge in [0.15, 0.2) is 0 Å². The third-order valence-electron chi connectivity index (χ3n) is 8.57. The number of aromatic nitrogens is 3. The smallest absolute Gasteiger partial charge is 0.136 e. The number of ether oxygens (including phenoxy) is 2. The summed E-state index contributed by atoms with van der Waals surface area (Å²) in [6.07, 6.45) is 3.51. The number of aryl methyl sites for hydroxylation is 1. The molecule has 4 aromatic rings. The number of anilines is 1. The standard InChI is InChI=1S/C33H44N6O2/c1-3-40-25-30-35-32-31(26-11-13-27(14-12-26)38-19-17-36(2)18-20-38)34-29-10-6-5-9-28(29)33(32)39(30)16-8-4-7-15-37-21-23-41-24-22-37/h5-6,9-14H,3-4,7-8,15-25H2,1-2H3. The van der Waals surface area contributed by atoms with Crippen molar-refractivity contribution in [3.8, 4) is 11.3 Å². The molecule has 0 unspecified atom stereocenters. The largest absolute Gasteiger partial charge is 0.379 e. The minimum absolute atomic E-state index is 0.509. The highest BCUT2D eigenvalue weighted by molar-refractivity contribution is 6.08. The van der Waals surface area contributed by atoms with Gasteiger partial charge in [0.25, 0.3) is 0 Å². The number of nitrogens with zero attached hydrogens (tertiary/aromatic N) is 6. The van der Waals surface area contributed by atoms with Crippen LogP contribution in [0.25, 0.3) is 33.2 Å². The number of imidazole rings is 1. The molecule has 8 heteroatoms. The van der Waals surface area contributed by atoms with Crippen LogP contribution in [0.1, 0.15) is 32.0 Å². The second-order valence-electron chi connectivity index (χ2n) is 11.3. The molecule has 0 spiro atoms. The number of pyridine rings is 1. The van der Waals surface area contributed by atoms with Crippen LogP contribution in [0.3, 0.4) is 0 Å². The van der Waals surface area contributed by atoms with E-state index in [2.05, 4.69) is 74.8 Å². The Morgan fingerprint density at radius 3 is 2.37 bits per heavy atom. The first-order valence-electron chi connectivity index (χ1n) is 15.4. The number of morpholine rings is 1. The maximum absolute atomic E-state index is 5.91. The van der Waals surface area contributed by atoms with E-state index in [1.165, 1.54) is 24.0 Å². The van der Waals surface area contributed by atoms with Crippen LogP contribution in [-0.2, 0) is 22.6 Å². The van der Waals surface area contributed by atoms with Gasteiger partial charge in [0.2, 0.25) is 0 Å². The molecular weight excluding hydrogens is 512 g/mol. The molecule has 0 aliphatic carbocycles. The van der Waals surface area contributed by atoms with Crippen LogP contribution in [0.4, 0.5) is 5.69 Å². The maximum atomic E-state index is 5.91. The number of rotatable bonds is 11. The van der Waals surface area contributed by atoms with Crippen molar-refractivity contribution in [3.05, 3.63) is 54.4 Å². The summed E-state index contributed by atoms with van der Waals surface area (Å²) in [5, 5.41) is 1.16. The predicted molar refractivity (Wildman–Crippen MR) is 167 cm³/mol. The highest BCUT2D eigenvalue weighted by Gasteiger charge is 2.20. The minimum atomic E-state index is 0.509. The fourth-order valence-electron chi connectivity index (χ4n) is 6.13. The first-order chi connectivity index (χ1) is 20.2. The van der Waals surface area contributed by atoms with Gasteiger partial charge in [-0.2, -0.15) is 0 Å². The van der Waals surface area contributed by atoms with Gasteiger partial charge in [0, 0.05) is 69.1 Å². The second-order valence-corrected chi connectivity index (χ2v) is 11.3. The van der Waals surface area contributed by atoms with E-state index in [4.69, 9.17) is 19.4 Å². The van der Waals surface area contributed by atoms with Crippen molar-refractivity contribution in [3.63, 3.8) is 0 Å². The predicted octanol–water partition coefficient (Wildman–Crippen LogP) is 5.04. The molecule has 2 saturated heterocycles. The van der Waals surface area contributed by atoms with Crippen LogP contribution in [0, 0.1) is 0 Å². The fourth-order valence-corrected chi connectivity index (χ4v) is 6.13. The van der Waals surface area contributed by atoms with Crippen LogP contribution in [0.2, 0.25) is 0 Å². The molecule has 0 amide bonds. The number of hydrogen-bond acceptors (Lipinski definition) is 7. The topological polar surface area (TPSA) is 58.9 Å². The second kappa shape index (κ2) is 13.3. The lowest BCUT2D eigenvalue weighted by Crippen LogP contribution is -2.44. The molecule has 2 aromatic carbocycles. The molecule has 0 N–H and O–H groups in total. The molecule has 2 aliphatic heterocycles. The molecule has 0 radical (unpaired) electrons. The monoisotopic (exact) mass is 556 g/mol. The summed E-state index contributed by atoms with van der Waals surface area (Å²) in [6, 6.07) is 17.4. The van der Waals surface area contributed by atoms with Crippen LogP contribution in [0.5, 0.6) is 0 Å². The molecule has 0 atom stereocenters. The first-order valence-corrected chi connectivity index (χ1v) is 15.4. The van der Waals surface area contributed by atoms with E-state index in [9.17, 15) is 0 Å². The molecule has 6 rings (SSSR count). The lowest BCUT2D eigenvalue weighted by Gasteiger charge is -2.34. The van der Waals surface area contributed by atoms with Crippen molar-refractivity contribution >= 4 is 27.6 Å². The van der Waals surface area contributed by atoms with Gasteiger partial charge in [-0.05, 0) is 51.6 Å². The number of para-hydroxylation sites is 1. The molecule has 2 fully saturated rings. The third kappa shape index (κ3) is 6.41. The van der Waals surface area contributed by atoms with E-state index >= 15 is 0 Å². The van der Waals surface area contributed by atoms with Crippen LogP contribution < -0.4 is 4.90 Å². The van der Waals surface area contributed by atoms with E-state index in [0.29, 0.717) is 13.2 Å². The van der Waals surface area contributed by atoms with Gasteiger partial charge in [-0.3, -0.25) is 4.90 Å². The molecule has 218 valence electrons. The van der Waals surface area contributed by atoms with Crippen molar-refractivity contribution < 1.29 is 9.47 Å². The van der Waals surface area contributed by atoms with E-state index in [-0.39, 0.29) is 0 Å². The highest BCUT2D eigenvalue weighted by atomic mass is 16.5. The number of unbranched alkanes of at least 4 members (excludes halogenated alkanes) is 2. The Labute approximate surface area is 243 Å². The zero-order valence-electron chi connectivity index (χ0n) is 24.7. The number of fused-ring (bicyclic) bond motifs is 3. The average molecular weight is 557 g/mol. The summed E-state index contributed by atoms with van der Waals surface area (Å²) in [5.74, 6) is 0.989. The van der Waals surface area contributed by atoms with Crippen molar-refractivity contribution in [2.75, 3.05) is 77.6 Å². The van der Waals surface area contributed by atoms with Gasteiger partial charge in [-0.1, -0.05) is 36.8 Å². The van der Waals surface area contributed by atoms with E-state index in [0.717, 1.165) is 105 Å². The van der Waals surface area contributed by atoms with Crippen molar-refractivity contribution in [2.45, 2.75) is 39.3 Å². The lowest BCUT2D eigenvalue weighted by atomic mass is 10.1. The van der Waals surface area contributed by atoms with Gasteiger partial charge < -0.3 is 23.8 Å². The quantitative estimate of drug-likeness (QED) is 0.240. The van der Waals surface area contributed by atoms with Gasteiger partial charge in [-0.15, -0.1) is 0 Å². The van der Waals surface area contributed by atoms with E-state index < -0.39 is 0 Å². The van der Waals surface area contributed by atoms with E-state index in [1.807, 2.05) is 6.92 Å². The Bertz CT molecular complexity index is 1420. The van der Waals surface area contributed by atoms with Gasteiger partial charge in [0.05, 0.1) is 29.9 Å². The Morgan fingerprint density at radius 1 is 0.829 bits per heavy atom. The summed E-state index contributed by atoms with van der Waals surface area (Å²) in [4.78, 5) is 17.8. The van der Waals surface area contributed by atoms with Gasteiger partial charge in [-0.25, -0.2) is 9.97 Å². The molecule has 2 aromatic heterocycles. The third-order valence-corrected chi connectivity index (χ3v) is 8.57.